The van der Waals surface area contributed by atoms with Crippen LogP contribution in [0.1, 0.15) is 12.8 Å². The van der Waals surface area contributed by atoms with Crippen molar-refractivity contribution in [3.05, 3.63) is 0 Å². The van der Waals surface area contributed by atoms with Crippen LogP contribution in [0.3, 0.4) is 0 Å². The number of nitrogens with zero attached hydrogens (tertiary/aromatic N) is 1. The summed E-state index contributed by atoms with van der Waals surface area (Å²) in [6, 6.07) is -0.476. The van der Waals surface area contributed by atoms with E-state index in [1.54, 1.807) is 0 Å². The Morgan fingerprint density at radius 2 is 2.12 bits per heavy atom. The van der Waals surface area contributed by atoms with E-state index in [0.717, 1.165) is 32.6 Å². The second kappa shape index (κ2) is 5.61. The molecule has 0 radical (unpaired) electrons. The van der Waals surface area contributed by atoms with Crippen LogP contribution in [0, 0.1) is 5.92 Å². The highest BCUT2D eigenvalue weighted by atomic mass is 16.5. The molecule has 2 atom stereocenters. The van der Waals surface area contributed by atoms with Crippen LogP contribution in [-0.2, 0) is 14.3 Å². The largest absolute Gasteiger partial charge is 0.480 e. The Kier molecular flexibility index (Phi) is 4.15. The third-order valence-electron chi connectivity index (χ3n) is 3.27. The summed E-state index contributed by atoms with van der Waals surface area (Å²) < 4.78 is 10.6. The maximum absolute atomic E-state index is 11.1. The normalized spacial score (nSPS) is 32.5. The molecule has 5 nitrogen and oxygen atoms in total. The van der Waals surface area contributed by atoms with Crippen molar-refractivity contribution in [2.75, 3.05) is 39.5 Å². The number of rotatable bonds is 3. The van der Waals surface area contributed by atoms with Gasteiger partial charge in [0.05, 0.1) is 19.8 Å². The third-order valence-corrected chi connectivity index (χ3v) is 3.27. The molecule has 0 aromatic heterocycles. The summed E-state index contributed by atoms with van der Waals surface area (Å²) in [5, 5.41) is 9.09. The molecule has 2 unspecified atom stereocenters. The smallest absolute Gasteiger partial charge is 0.323 e. The van der Waals surface area contributed by atoms with Gasteiger partial charge in [-0.3, -0.25) is 9.69 Å². The third kappa shape index (κ3) is 2.93. The highest BCUT2D eigenvalue weighted by Crippen LogP contribution is 2.17. The van der Waals surface area contributed by atoms with Crippen LogP contribution in [0.15, 0.2) is 0 Å². The Bertz CT molecular complexity index is 240. The molecule has 2 aliphatic heterocycles. The zero-order valence-electron chi connectivity index (χ0n) is 9.43. The number of ether oxygens (including phenoxy) is 2. The number of hydrogen-bond donors (Lipinski definition) is 1. The average molecular weight is 229 g/mol. The molecule has 0 spiro atoms. The van der Waals surface area contributed by atoms with Crippen LogP contribution >= 0.6 is 0 Å². The van der Waals surface area contributed by atoms with Crippen LogP contribution < -0.4 is 0 Å². The highest BCUT2D eigenvalue weighted by Gasteiger charge is 2.31. The van der Waals surface area contributed by atoms with Gasteiger partial charge in [0.25, 0.3) is 0 Å². The number of carboxylic acids is 1. The maximum Gasteiger partial charge on any atom is 0.323 e. The maximum atomic E-state index is 11.1. The van der Waals surface area contributed by atoms with Crippen molar-refractivity contribution in [1.29, 1.82) is 0 Å². The molecular formula is C11H19NO4. The zero-order chi connectivity index (χ0) is 11.4. The van der Waals surface area contributed by atoms with Gasteiger partial charge >= 0.3 is 5.97 Å². The Hall–Kier alpha value is -0.650. The molecule has 1 N–H and O–H groups in total. The fourth-order valence-corrected chi connectivity index (χ4v) is 2.37. The summed E-state index contributed by atoms with van der Waals surface area (Å²) in [7, 11) is 0. The Labute approximate surface area is 95.3 Å². The molecule has 0 bridgehead atoms. The van der Waals surface area contributed by atoms with Crippen LogP contribution in [0.4, 0.5) is 0 Å². The second-order valence-corrected chi connectivity index (χ2v) is 4.51. The molecular weight excluding hydrogens is 210 g/mol. The van der Waals surface area contributed by atoms with E-state index in [9.17, 15) is 4.79 Å². The minimum atomic E-state index is -0.781. The van der Waals surface area contributed by atoms with Gasteiger partial charge in [-0.1, -0.05) is 0 Å². The quantitative estimate of drug-likeness (QED) is 0.749. The van der Waals surface area contributed by atoms with Gasteiger partial charge in [-0.25, -0.2) is 0 Å². The van der Waals surface area contributed by atoms with Crippen LogP contribution in [0.25, 0.3) is 0 Å². The molecule has 2 fully saturated rings. The molecule has 0 aromatic rings. The van der Waals surface area contributed by atoms with E-state index in [2.05, 4.69) is 0 Å². The van der Waals surface area contributed by atoms with Crippen LogP contribution in [0.5, 0.6) is 0 Å². The van der Waals surface area contributed by atoms with Gasteiger partial charge < -0.3 is 14.6 Å². The van der Waals surface area contributed by atoms with Crippen molar-refractivity contribution in [2.45, 2.75) is 18.9 Å². The molecule has 16 heavy (non-hydrogen) atoms. The predicted octanol–water partition coefficient (Wildman–Crippen LogP) is 0.198. The minimum absolute atomic E-state index is 0.308. The Morgan fingerprint density at radius 3 is 2.81 bits per heavy atom. The molecule has 0 amide bonds. The van der Waals surface area contributed by atoms with Crippen molar-refractivity contribution >= 4 is 5.97 Å². The first-order valence-corrected chi connectivity index (χ1v) is 5.89. The summed E-state index contributed by atoms with van der Waals surface area (Å²) in [5.41, 5.74) is 0. The van der Waals surface area contributed by atoms with Gasteiger partial charge in [0.2, 0.25) is 0 Å². The molecule has 2 rings (SSSR count). The van der Waals surface area contributed by atoms with E-state index < -0.39 is 12.0 Å². The zero-order valence-corrected chi connectivity index (χ0v) is 9.43. The molecule has 2 heterocycles. The number of hydrogen-bond acceptors (Lipinski definition) is 4. The average Bonchev–Trinajstić information content (AvgIpc) is 2.31. The lowest BCUT2D eigenvalue weighted by Crippen LogP contribution is -2.52. The van der Waals surface area contributed by atoms with E-state index >= 15 is 0 Å². The second-order valence-electron chi connectivity index (χ2n) is 4.51. The van der Waals surface area contributed by atoms with Crippen molar-refractivity contribution in [3.63, 3.8) is 0 Å². The molecule has 0 saturated carbocycles. The van der Waals surface area contributed by atoms with Gasteiger partial charge in [-0.15, -0.1) is 0 Å². The van der Waals surface area contributed by atoms with Gasteiger partial charge in [-0.05, 0) is 18.8 Å². The highest BCUT2D eigenvalue weighted by molar-refractivity contribution is 5.73. The van der Waals surface area contributed by atoms with Crippen molar-refractivity contribution in [2.24, 2.45) is 5.92 Å². The lowest BCUT2D eigenvalue weighted by atomic mass is 10.0. The summed E-state index contributed by atoms with van der Waals surface area (Å²) >= 11 is 0. The number of morpholine rings is 1. The van der Waals surface area contributed by atoms with E-state index in [1.807, 2.05) is 4.90 Å². The Morgan fingerprint density at radius 1 is 1.31 bits per heavy atom. The molecule has 2 aliphatic rings. The van der Waals surface area contributed by atoms with E-state index in [1.165, 1.54) is 0 Å². The minimum Gasteiger partial charge on any atom is -0.480 e. The summed E-state index contributed by atoms with van der Waals surface area (Å²) in [4.78, 5) is 13.1. The standard InChI is InChI=1S/C11H19NO4/c13-11(14)10-8-16-5-3-12(10)6-9-2-1-4-15-7-9/h9-10H,1-8H2,(H,13,14). The summed E-state index contributed by atoms with van der Waals surface area (Å²) in [6.07, 6.45) is 2.23. The van der Waals surface area contributed by atoms with E-state index in [4.69, 9.17) is 14.6 Å². The lowest BCUT2D eigenvalue weighted by molar-refractivity contribution is -0.150. The number of carboxylic acid groups (broad SMARTS) is 1. The van der Waals surface area contributed by atoms with E-state index in [-0.39, 0.29) is 0 Å². The molecule has 0 aliphatic carbocycles. The van der Waals surface area contributed by atoms with Crippen molar-refractivity contribution in [3.8, 4) is 0 Å². The van der Waals surface area contributed by atoms with E-state index in [0.29, 0.717) is 25.7 Å². The topological polar surface area (TPSA) is 59.0 Å². The molecule has 92 valence electrons. The first-order chi connectivity index (χ1) is 7.77. The van der Waals surface area contributed by atoms with Crippen LogP contribution in [-0.4, -0.2) is 61.5 Å². The lowest BCUT2D eigenvalue weighted by Gasteiger charge is -2.36. The van der Waals surface area contributed by atoms with Gasteiger partial charge in [0.15, 0.2) is 0 Å². The summed E-state index contributed by atoms with van der Waals surface area (Å²) in [5.74, 6) is -0.301. The predicted molar refractivity (Wildman–Crippen MR) is 57.4 cm³/mol. The molecule has 0 aromatic carbocycles. The fourth-order valence-electron chi connectivity index (χ4n) is 2.37. The SMILES string of the molecule is O=C(O)C1COCCN1CC1CCCOC1. The Balaban J connectivity index is 1.87. The van der Waals surface area contributed by atoms with Gasteiger partial charge in [-0.2, -0.15) is 0 Å². The van der Waals surface area contributed by atoms with Gasteiger partial charge in [0.1, 0.15) is 6.04 Å². The number of aliphatic carboxylic acids is 1. The molecule has 2 saturated heterocycles. The monoisotopic (exact) mass is 229 g/mol. The van der Waals surface area contributed by atoms with Crippen molar-refractivity contribution in [1.82, 2.24) is 4.90 Å². The first kappa shape index (κ1) is 11.8. The fraction of sp³-hybridized carbons (Fsp3) is 0.909. The number of carbonyl (C=O) groups is 1. The summed E-state index contributed by atoms with van der Waals surface area (Å²) in [6.45, 7) is 4.10. The van der Waals surface area contributed by atoms with Crippen molar-refractivity contribution < 1.29 is 19.4 Å². The molecule has 5 heteroatoms. The van der Waals surface area contributed by atoms with Gasteiger partial charge in [0, 0.05) is 19.7 Å². The first-order valence-electron chi connectivity index (χ1n) is 5.89. The van der Waals surface area contributed by atoms with Crippen LogP contribution in [0.2, 0.25) is 0 Å².